The van der Waals surface area contributed by atoms with Gasteiger partial charge in [0.15, 0.2) is 5.96 Å². The van der Waals surface area contributed by atoms with Crippen LogP contribution in [-0.2, 0) is 21.5 Å². The first-order valence-corrected chi connectivity index (χ1v) is 10.3. The van der Waals surface area contributed by atoms with Crippen molar-refractivity contribution in [3.8, 4) is 0 Å². The first-order valence-electron chi connectivity index (χ1n) is 10.3. The van der Waals surface area contributed by atoms with Gasteiger partial charge in [0, 0.05) is 37.6 Å². The Morgan fingerprint density at radius 2 is 1.90 bits per heavy atom. The van der Waals surface area contributed by atoms with Crippen LogP contribution in [0.3, 0.4) is 0 Å². The molecule has 6 heteroatoms. The van der Waals surface area contributed by atoms with Crippen LogP contribution >= 0.6 is 0 Å². The summed E-state index contributed by atoms with van der Waals surface area (Å²) in [6.07, 6.45) is 3.07. The lowest BCUT2D eigenvalue weighted by atomic mass is 9.67. The molecular weight excluding hydrogens is 364 g/mol. The molecule has 2 fully saturated rings. The molecule has 0 saturated carbocycles. The summed E-state index contributed by atoms with van der Waals surface area (Å²) in [5.41, 5.74) is 4.03. The summed E-state index contributed by atoms with van der Waals surface area (Å²) < 4.78 is 5.42. The van der Waals surface area contributed by atoms with Gasteiger partial charge in [-0.05, 0) is 48.1 Å². The zero-order valence-electron chi connectivity index (χ0n) is 16.4. The van der Waals surface area contributed by atoms with E-state index in [1.807, 2.05) is 36.4 Å². The van der Waals surface area contributed by atoms with E-state index in [9.17, 15) is 4.79 Å². The minimum absolute atomic E-state index is 0.0484. The van der Waals surface area contributed by atoms with Crippen molar-refractivity contribution in [2.75, 3.05) is 25.1 Å². The average molecular weight is 390 g/mol. The summed E-state index contributed by atoms with van der Waals surface area (Å²) in [7, 11) is 0. The zero-order valence-corrected chi connectivity index (χ0v) is 16.4. The van der Waals surface area contributed by atoms with Gasteiger partial charge in [0.2, 0.25) is 5.91 Å². The molecule has 0 radical (unpaired) electrons. The maximum absolute atomic E-state index is 13.0. The quantitative estimate of drug-likeness (QED) is 0.748. The Labute approximate surface area is 170 Å². The van der Waals surface area contributed by atoms with Gasteiger partial charge in [0.25, 0.3) is 0 Å². The van der Waals surface area contributed by atoms with Gasteiger partial charge in [0.1, 0.15) is 0 Å². The maximum atomic E-state index is 13.0. The number of amides is 1. The van der Waals surface area contributed by atoms with Gasteiger partial charge in [-0.2, -0.15) is 0 Å². The molecular formula is C23H26N4O2. The zero-order chi connectivity index (χ0) is 19.8. The van der Waals surface area contributed by atoms with Crippen molar-refractivity contribution >= 4 is 23.2 Å². The molecule has 150 valence electrons. The van der Waals surface area contributed by atoms with Crippen LogP contribution < -0.4 is 10.6 Å². The number of para-hydroxylation sites is 1. The third-order valence-corrected chi connectivity index (χ3v) is 6.39. The Kier molecular flexibility index (Phi) is 4.51. The predicted octanol–water partition coefficient (Wildman–Crippen LogP) is 3.36. The van der Waals surface area contributed by atoms with E-state index in [0.29, 0.717) is 18.9 Å². The number of benzene rings is 2. The molecule has 6 nitrogen and oxygen atoms in total. The molecule has 0 bridgehead atoms. The summed E-state index contributed by atoms with van der Waals surface area (Å²) in [5, 5.41) is 15.4. The third kappa shape index (κ3) is 3.27. The highest BCUT2D eigenvalue weighted by Gasteiger charge is 2.50. The lowest BCUT2D eigenvalue weighted by molar-refractivity contribution is -0.132. The molecule has 0 unspecified atom stereocenters. The number of nitrogens with zero attached hydrogens (tertiary/aromatic N) is 1. The van der Waals surface area contributed by atoms with Crippen LogP contribution in [0.25, 0.3) is 0 Å². The summed E-state index contributed by atoms with van der Waals surface area (Å²) >= 11 is 0. The van der Waals surface area contributed by atoms with Crippen molar-refractivity contribution in [2.45, 2.75) is 31.2 Å². The number of nitrogens with one attached hydrogen (secondary N) is 3. The van der Waals surface area contributed by atoms with Crippen LogP contribution in [0, 0.1) is 11.3 Å². The van der Waals surface area contributed by atoms with Gasteiger partial charge in [-0.25, -0.2) is 0 Å². The molecule has 3 aliphatic rings. The van der Waals surface area contributed by atoms with Crippen molar-refractivity contribution in [2.24, 2.45) is 5.92 Å². The van der Waals surface area contributed by atoms with E-state index in [1.165, 1.54) is 5.56 Å². The van der Waals surface area contributed by atoms with E-state index in [0.717, 1.165) is 49.4 Å². The largest absolute Gasteiger partial charge is 0.381 e. The Bertz CT molecular complexity index is 919. The summed E-state index contributed by atoms with van der Waals surface area (Å²) in [6, 6.07) is 16.3. The second kappa shape index (κ2) is 7.19. The monoisotopic (exact) mass is 390 g/mol. The van der Waals surface area contributed by atoms with Gasteiger partial charge in [-0.15, -0.1) is 0 Å². The van der Waals surface area contributed by atoms with Crippen LogP contribution in [0.15, 0.2) is 48.5 Å². The normalized spacial score (nSPS) is 24.1. The minimum Gasteiger partial charge on any atom is -0.381 e. The Morgan fingerprint density at radius 3 is 2.66 bits per heavy atom. The number of carbonyl (C=O) groups excluding carboxylic acids is 1. The molecule has 3 N–H and O–H groups in total. The van der Waals surface area contributed by atoms with Crippen LogP contribution in [0.1, 0.15) is 30.4 Å². The molecule has 2 aliphatic heterocycles. The number of rotatable bonds is 4. The van der Waals surface area contributed by atoms with Crippen LogP contribution in [0.2, 0.25) is 0 Å². The third-order valence-electron chi connectivity index (χ3n) is 6.39. The molecule has 5 rings (SSSR count). The lowest BCUT2D eigenvalue weighted by Gasteiger charge is -2.50. The van der Waals surface area contributed by atoms with E-state index in [4.69, 9.17) is 10.1 Å². The van der Waals surface area contributed by atoms with Crippen LogP contribution in [0.5, 0.6) is 0 Å². The average Bonchev–Trinajstić information content (AvgIpc) is 2.73. The van der Waals surface area contributed by atoms with Crippen molar-refractivity contribution in [1.82, 2.24) is 10.2 Å². The van der Waals surface area contributed by atoms with E-state index in [2.05, 4.69) is 22.8 Å². The number of hydrogen-bond acceptors (Lipinski definition) is 4. The second-order valence-corrected chi connectivity index (χ2v) is 8.29. The van der Waals surface area contributed by atoms with Crippen molar-refractivity contribution in [3.63, 3.8) is 0 Å². The fraction of sp³-hybridized carbons (Fsp3) is 0.391. The Hall–Kier alpha value is -2.86. The van der Waals surface area contributed by atoms with Gasteiger partial charge in [-0.3, -0.25) is 15.1 Å². The molecule has 29 heavy (non-hydrogen) atoms. The van der Waals surface area contributed by atoms with Gasteiger partial charge < -0.3 is 15.4 Å². The van der Waals surface area contributed by atoms with Crippen LogP contribution in [0.4, 0.5) is 11.4 Å². The van der Waals surface area contributed by atoms with Gasteiger partial charge in [0.05, 0.1) is 12.0 Å². The molecule has 2 heterocycles. The standard InChI is InChI=1S/C23H26N4O2/c24-22-26-23(14-21(28)27(22)15-16-9-11-29-12-10-16)13-18-19(23)7-4-8-20(18)25-17-5-2-1-3-6-17/h1-8,16,25H,9-15H2,(H2,24,26)/t23-/m0/s1. The molecule has 1 aliphatic carbocycles. The van der Waals surface area contributed by atoms with Crippen molar-refractivity contribution in [1.29, 1.82) is 5.41 Å². The van der Waals surface area contributed by atoms with Crippen molar-refractivity contribution < 1.29 is 9.53 Å². The SMILES string of the molecule is N=C1N[C@]2(CC(=O)N1CC1CCOCC1)Cc1c(Nc3ccccc3)cccc12. The second-order valence-electron chi connectivity index (χ2n) is 8.29. The van der Waals surface area contributed by atoms with Gasteiger partial charge in [-0.1, -0.05) is 30.3 Å². The Balaban J connectivity index is 1.33. The molecule has 1 amide bonds. The van der Waals surface area contributed by atoms with E-state index in [1.54, 1.807) is 4.90 Å². The molecule has 2 aromatic carbocycles. The predicted molar refractivity (Wildman–Crippen MR) is 112 cm³/mol. The van der Waals surface area contributed by atoms with Gasteiger partial charge >= 0.3 is 0 Å². The minimum atomic E-state index is -0.440. The summed E-state index contributed by atoms with van der Waals surface area (Å²) in [5.74, 6) is 0.700. The molecule has 2 saturated heterocycles. The molecule has 1 atom stereocenters. The molecule has 1 spiro atoms. The number of hydrogen-bond donors (Lipinski definition) is 3. The number of guanidine groups is 1. The highest BCUT2D eigenvalue weighted by molar-refractivity contribution is 6.00. The lowest BCUT2D eigenvalue weighted by Crippen LogP contribution is -2.65. The summed E-state index contributed by atoms with van der Waals surface area (Å²) in [6.45, 7) is 2.12. The number of ether oxygens (including phenoxy) is 1. The fourth-order valence-corrected chi connectivity index (χ4v) is 4.78. The van der Waals surface area contributed by atoms with Crippen molar-refractivity contribution in [3.05, 3.63) is 59.7 Å². The first-order chi connectivity index (χ1) is 14.1. The van der Waals surface area contributed by atoms with E-state index < -0.39 is 5.54 Å². The maximum Gasteiger partial charge on any atom is 0.232 e. The molecule has 0 aromatic heterocycles. The number of carbonyl (C=O) groups is 1. The highest BCUT2D eigenvalue weighted by Crippen LogP contribution is 2.47. The fourth-order valence-electron chi connectivity index (χ4n) is 4.78. The highest BCUT2D eigenvalue weighted by atomic mass is 16.5. The van der Waals surface area contributed by atoms with E-state index >= 15 is 0 Å². The topological polar surface area (TPSA) is 77.5 Å². The van der Waals surface area contributed by atoms with E-state index in [-0.39, 0.29) is 11.9 Å². The molecule has 2 aromatic rings. The smallest absolute Gasteiger partial charge is 0.232 e. The number of anilines is 2. The first kappa shape index (κ1) is 18.2. The Morgan fingerprint density at radius 1 is 1.10 bits per heavy atom. The van der Waals surface area contributed by atoms with Crippen LogP contribution in [-0.4, -0.2) is 36.5 Å². The summed E-state index contributed by atoms with van der Waals surface area (Å²) in [4.78, 5) is 14.6. The number of fused-ring (bicyclic) bond motifs is 2.